The summed E-state index contributed by atoms with van der Waals surface area (Å²) in [5.74, 6) is -0.287. The van der Waals surface area contributed by atoms with Crippen LogP contribution in [0.25, 0.3) is 10.8 Å². The van der Waals surface area contributed by atoms with Crippen LogP contribution in [-0.4, -0.2) is 41.0 Å². The molecule has 2 fully saturated rings. The highest BCUT2D eigenvalue weighted by atomic mass is 16.7. The number of hydrogen-bond acceptors (Lipinski definition) is 5. The Morgan fingerprint density at radius 3 is 2.55 bits per heavy atom. The average Bonchev–Trinajstić information content (AvgIpc) is 3.16. The zero-order valence-electron chi connectivity index (χ0n) is 16.0. The molecule has 5 nitrogen and oxygen atoms in total. The van der Waals surface area contributed by atoms with Crippen molar-refractivity contribution in [3.8, 4) is 0 Å². The minimum absolute atomic E-state index is 0.169. The lowest BCUT2D eigenvalue weighted by atomic mass is 9.87. The molecule has 2 aliphatic rings. The molecule has 5 rings (SSSR count). The van der Waals surface area contributed by atoms with Crippen molar-refractivity contribution >= 4 is 16.7 Å². The van der Waals surface area contributed by atoms with Crippen LogP contribution in [0, 0.1) is 0 Å². The number of carbonyl (C=O) groups excluding carboxylic acids is 1. The van der Waals surface area contributed by atoms with Crippen molar-refractivity contribution in [1.29, 1.82) is 0 Å². The van der Waals surface area contributed by atoms with Crippen LogP contribution in [0.3, 0.4) is 0 Å². The van der Waals surface area contributed by atoms with Crippen molar-refractivity contribution in [2.24, 2.45) is 0 Å². The van der Waals surface area contributed by atoms with E-state index in [2.05, 4.69) is 24.3 Å². The van der Waals surface area contributed by atoms with Gasteiger partial charge in [0.05, 0.1) is 12.6 Å². The fourth-order valence-electron chi connectivity index (χ4n) is 4.53. The molecule has 29 heavy (non-hydrogen) atoms. The molecule has 0 aliphatic carbocycles. The molecule has 3 aromatic carbocycles. The molecule has 2 aliphatic heterocycles. The molecule has 1 N–H and O–H groups in total. The van der Waals surface area contributed by atoms with Gasteiger partial charge >= 0.3 is 5.97 Å². The highest BCUT2D eigenvalue weighted by Gasteiger charge is 2.54. The Morgan fingerprint density at radius 1 is 0.966 bits per heavy atom. The number of morpholine rings is 1. The number of hydrogen-bond donors (Lipinski definition) is 1. The monoisotopic (exact) mass is 389 g/mol. The first-order valence-corrected chi connectivity index (χ1v) is 9.96. The second kappa shape index (κ2) is 7.26. The molecule has 3 aromatic rings. The summed E-state index contributed by atoms with van der Waals surface area (Å²) < 4.78 is 5.47. The SMILES string of the molecule is O=C1OC[C@H](c2ccccc2)N2O[C@@](CO)(Cc3cccc4ccccc34)C[C@@H]12. The van der Waals surface area contributed by atoms with Gasteiger partial charge in [0, 0.05) is 12.8 Å². The van der Waals surface area contributed by atoms with Crippen LogP contribution in [0.5, 0.6) is 0 Å². The number of nitrogens with zero attached hydrogens (tertiary/aromatic N) is 1. The van der Waals surface area contributed by atoms with E-state index in [0.717, 1.165) is 21.9 Å². The summed E-state index contributed by atoms with van der Waals surface area (Å²) in [5.41, 5.74) is 1.27. The predicted octanol–water partition coefficient (Wildman–Crippen LogP) is 3.42. The molecule has 0 aromatic heterocycles. The van der Waals surface area contributed by atoms with Gasteiger partial charge in [-0.1, -0.05) is 72.8 Å². The molecule has 0 unspecified atom stereocenters. The summed E-state index contributed by atoms with van der Waals surface area (Å²) in [5, 5.41) is 14.4. The smallest absolute Gasteiger partial charge is 0.325 e. The zero-order chi connectivity index (χ0) is 19.8. The molecule has 5 heteroatoms. The van der Waals surface area contributed by atoms with E-state index >= 15 is 0 Å². The zero-order valence-corrected chi connectivity index (χ0v) is 16.0. The number of aliphatic hydroxyl groups excluding tert-OH is 1. The number of ether oxygens (including phenoxy) is 1. The Balaban J connectivity index is 1.49. The number of esters is 1. The van der Waals surface area contributed by atoms with E-state index in [9.17, 15) is 9.90 Å². The van der Waals surface area contributed by atoms with Crippen LogP contribution >= 0.6 is 0 Å². The summed E-state index contributed by atoms with van der Waals surface area (Å²) in [6, 6.07) is 23.5. The molecule has 0 bridgehead atoms. The number of hydroxylamine groups is 2. The van der Waals surface area contributed by atoms with Gasteiger partial charge in [0.2, 0.25) is 0 Å². The van der Waals surface area contributed by atoms with Crippen molar-refractivity contribution in [1.82, 2.24) is 5.06 Å². The van der Waals surface area contributed by atoms with E-state index in [1.165, 1.54) is 0 Å². The highest BCUT2D eigenvalue weighted by molar-refractivity contribution is 5.85. The van der Waals surface area contributed by atoms with Gasteiger partial charge < -0.3 is 9.84 Å². The van der Waals surface area contributed by atoms with E-state index in [1.807, 2.05) is 48.5 Å². The molecule has 148 valence electrons. The fraction of sp³-hybridized carbons (Fsp3) is 0.292. The maximum absolute atomic E-state index is 12.5. The number of carbonyl (C=O) groups is 1. The third kappa shape index (κ3) is 3.21. The van der Waals surface area contributed by atoms with Gasteiger partial charge in [0.1, 0.15) is 18.2 Å². The molecule has 0 amide bonds. The molecule has 0 radical (unpaired) electrons. The first-order valence-electron chi connectivity index (χ1n) is 9.96. The van der Waals surface area contributed by atoms with Crippen LogP contribution in [0.4, 0.5) is 0 Å². The number of rotatable bonds is 4. The highest BCUT2D eigenvalue weighted by Crippen LogP contribution is 2.42. The van der Waals surface area contributed by atoms with E-state index in [0.29, 0.717) is 12.8 Å². The standard InChI is InChI=1S/C24H23NO4/c26-16-24(13-19-11-6-10-17-7-4-5-12-20(17)19)14-21-23(27)28-15-22(25(21)29-24)18-8-2-1-3-9-18/h1-12,21-22,26H,13-16H2/t21-,22+,24-/m0/s1. The summed E-state index contributed by atoms with van der Waals surface area (Å²) in [4.78, 5) is 18.9. The normalized spacial score (nSPS) is 27.0. The van der Waals surface area contributed by atoms with E-state index < -0.39 is 11.6 Å². The summed E-state index contributed by atoms with van der Waals surface area (Å²) in [7, 11) is 0. The van der Waals surface area contributed by atoms with E-state index in [4.69, 9.17) is 9.57 Å². The summed E-state index contributed by atoms with van der Waals surface area (Å²) in [6.07, 6.45) is 0.918. The minimum atomic E-state index is -0.856. The fourth-order valence-corrected chi connectivity index (χ4v) is 4.53. The van der Waals surface area contributed by atoms with Crippen molar-refractivity contribution in [3.63, 3.8) is 0 Å². The average molecular weight is 389 g/mol. The predicted molar refractivity (Wildman–Crippen MR) is 109 cm³/mol. The number of fused-ring (bicyclic) bond motifs is 2. The van der Waals surface area contributed by atoms with Gasteiger partial charge in [-0.15, -0.1) is 0 Å². The number of cyclic esters (lactones) is 1. The van der Waals surface area contributed by atoms with Gasteiger partial charge in [-0.25, -0.2) is 0 Å². The van der Waals surface area contributed by atoms with Crippen molar-refractivity contribution in [2.45, 2.75) is 30.5 Å². The van der Waals surface area contributed by atoms with Crippen LogP contribution in [0.1, 0.15) is 23.6 Å². The number of aliphatic hydroxyl groups is 1. The summed E-state index contributed by atoms with van der Waals surface area (Å²) in [6.45, 7) is 0.0765. The number of benzene rings is 3. The summed E-state index contributed by atoms with van der Waals surface area (Å²) >= 11 is 0. The van der Waals surface area contributed by atoms with Crippen LogP contribution in [0.2, 0.25) is 0 Å². The van der Waals surface area contributed by atoms with Gasteiger partial charge in [0.25, 0.3) is 0 Å². The Hall–Kier alpha value is -2.73. The Morgan fingerprint density at radius 2 is 1.72 bits per heavy atom. The molecule has 3 atom stereocenters. The quantitative estimate of drug-likeness (QED) is 0.693. The Bertz CT molecular complexity index is 1030. The van der Waals surface area contributed by atoms with Crippen LogP contribution < -0.4 is 0 Å². The molecule has 0 saturated carbocycles. The first kappa shape index (κ1) is 18.3. The van der Waals surface area contributed by atoms with E-state index in [1.54, 1.807) is 5.06 Å². The lowest BCUT2D eigenvalue weighted by molar-refractivity contribution is -0.257. The van der Waals surface area contributed by atoms with Gasteiger partial charge in [-0.3, -0.25) is 9.63 Å². The second-order valence-corrected chi connectivity index (χ2v) is 7.88. The van der Waals surface area contributed by atoms with Crippen molar-refractivity contribution in [3.05, 3.63) is 83.9 Å². The minimum Gasteiger partial charge on any atom is -0.462 e. The molecular weight excluding hydrogens is 366 g/mol. The lowest BCUT2D eigenvalue weighted by Gasteiger charge is -2.35. The maximum Gasteiger partial charge on any atom is 0.325 e. The lowest BCUT2D eigenvalue weighted by Crippen LogP contribution is -2.46. The van der Waals surface area contributed by atoms with Crippen LogP contribution in [-0.2, 0) is 20.8 Å². The van der Waals surface area contributed by atoms with Crippen molar-refractivity contribution < 1.29 is 19.5 Å². The second-order valence-electron chi connectivity index (χ2n) is 7.88. The Labute approximate surface area is 169 Å². The van der Waals surface area contributed by atoms with Gasteiger partial charge in [-0.05, 0) is 21.9 Å². The third-order valence-electron chi connectivity index (χ3n) is 6.00. The topological polar surface area (TPSA) is 59.0 Å². The van der Waals surface area contributed by atoms with Gasteiger partial charge in [0.15, 0.2) is 0 Å². The third-order valence-corrected chi connectivity index (χ3v) is 6.00. The molecule has 2 heterocycles. The van der Waals surface area contributed by atoms with Crippen molar-refractivity contribution in [2.75, 3.05) is 13.2 Å². The molecule has 0 spiro atoms. The first-order chi connectivity index (χ1) is 14.2. The van der Waals surface area contributed by atoms with E-state index in [-0.39, 0.29) is 25.2 Å². The van der Waals surface area contributed by atoms with Crippen LogP contribution in [0.15, 0.2) is 72.8 Å². The Kier molecular flexibility index (Phi) is 4.59. The maximum atomic E-state index is 12.5. The molecular formula is C24H23NO4. The molecule has 2 saturated heterocycles. The van der Waals surface area contributed by atoms with Gasteiger partial charge in [-0.2, -0.15) is 5.06 Å². The largest absolute Gasteiger partial charge is 0.462 e.